The summed E-state index contributed by atoms with van der Waals surface area (Å²) in [7, 11) is 0. The predicted molar refractivity (Wildman–Crippen MR) is 72.2 cm³/mol. The molecule has 1 fully saturated rings. The topological polar surface area (TPSA) is 29.5 Å². The summed E-state index contributed by atoms with van der Waals surface area (Å²) in [6, 6.07) is 7.29. The fraction of sp³-hybridized carbons (Fsp3) is 0.533. The molecule has 1 aliphatic rings. The van der Waals surface area contributed by atoms with E-state index in [0.717, 1.165) is 25.0 Å². The Hall–Kier alpha value is -1.35. The van der Waals surface area contributed by atoms with E-state index in [1.54, 1.807) is 12.1 Å². The van der Waals surface area contributed by atoms with E-state index < -0.39 is 0 Å². The minimum Gasteiger partial charge on any atom is -0.491 e. The second kappa shape index (κ2) is 6.55. The zero-order valence-corrected chi connectivity index (χ0v) is 11.0. The number of likely N-dealkylation sites (tertiary alicyclic amines) is 1. The molecule has 0 N–H and O–H groups in total. The van der Waals surface area contributed by atoms with Crippen molar-refractivity contribution in [3.63, 3.8) is 0 Å². The molecule has 2 rings (SSSR count). The van der Waals surface area contributed by atoms with E-state index >= 15 is 0 Å². The van der Waals surface area contributed by atoms with Crippen molar-refractivity contribution in [1.29, 1.82) is 0 Å². The molecule has 0 bridgehead atoms. The Morgan fingerprint density at radius 1 is 1.28 bits per heavy atom. The summed E-state index contributed by atoms with van der Waals surface area (Å²) in [5.41, 5.74) is 0.687. The zero-order chi connectivity index (χ0) is 12.8. The van der Waals surface area contributed by atoms with Gasteiger partial charge in [0.2, 0.25) is 0 Å². The van der Waals surface area contributed by atoms with Crippen molar-refractivity contribution in [2.45, 2.75) is 32.3 Å². The van der Waals surface area contributed by atoms with Crippen molar-refractivity contribution in [2.24, 2.45) is 0 Å². The SMILES string of the molecule is CC(CCN1CCCC1)Oc1ccc(C=O)cc1. The van der Waals surface area contributed by atoms with Crippen LogP contribution in [-0.4, -0.2) is 36.9 Å². The molecule has 1 unspecified atom stereocenters. The second-order valence-corrected chi connectivity index (χ2v) is 4.95. The molecule has 18 heavy (non-hydrogen) atoms. The van der Waals surface area contributed by atoms with Crippen molar-refractivity contribution in [3.8, 4) is 5.75 Å². The van der Waals surface area contributed by atoms with E-state index in [0.29, 0.717) is 5.56 Å². The molecular formula is C15H21NO2. The van der Waals surface area contributed by atoms with Crippen LogP contribution in [0.15, 0.2) is 24.3 Å². The van der Waals surface area contributed by atoms with Gasteiger partial charge in [-0.25, -0.2) is 0 Å². The van der Waals surface area contributed by atoms with Crippen molar-refractivity contribution in [2.75, 3.05) is 19.6 Å². The molecule has 98 valence electrons. The number of rotatable bonds is 6. The molecule has 1 atom stereocenters. The number of ether oxygens (including phenoxy) is 1. The van der Waals surface area contributed by atoms with Gasteiger partial charge in [-0.3, -0.25) is 4.79 Å². The van der Waals surface area contributed by atoms with Crippen LogP contribution < -0.4 is 4.74 Å². The number of benzene rings is 1. The highest BCUT2D eigenvalue weighted by Crippen LogP contribution is 2.15. The molecule has 0 aromatic heterocycles. The van der Waals surface area contributed by atoms with E-state index in [-0.39, 0.29) is 6.10 Å². The van der Waals surface area contributed by atoms with E-state index in [4.69, 9.17) is 4.74 Å². The third-order valence-electron chi connectivity index (χ3n) is 3.40. The number of carbonyl (C=O) groups excluding carboxylic acids is 1. The van der Waals surface area contributed by atoms with Gasteiger partial charge in [-0.05, 0) is 63.5 Å². The lowest BCUT2D eigenvalue weighted by atomic mass is 10.2. The first kappa shape index (κ1) is 13.1. The molecule has 0 amide bonds. The maximum absolute atomic E-state index is 10.5. The lowest BCUT2D eigenvalue weighted by Crippen LogP contribution is -2.25. The maximum atomic E-state index is 10.5. The Balaban J connectivity index is 1.75. The van der Waals surface area contributed by atoms with E-state index in [2.05, 4.69) is 11.8 Å². The highest BCUT2D eigenvalue weighted by Gasteiger charge is 2.13. The first-order chi connectivity index (χ1) is 8.78. The molecule has 1 aromatic rings. The summed E-state index contributed by atoms with van der Waals surface area (Å²) in [6.07, 6.45) is 4.79. The van der Waals surface area contributed by atoms with Crippen LogP contribution in [0, 0.1) is 0 Å². The van der Waals surface area contributed by atoms with Crippen LogP contribution in [-0.2, 0) is 0 Å². The highest BCUT2D eigenvalue weighted by molar-refractivity contribution is 5.74. The lowest BCUT2D eigenvalue weighted by Gasteiger charge is -2.19. The van der Waals surface area contributed by atoms with Crippen LogP contribution in [0.4, 0.5) is 0 Å². The van der Waals surface area contributed by atoms with Crippen LogP contribution in [0.5, 0.6) is 5.75 Å². The van der Waals surface area contributed by atoms with Crippen molar-refractivity contribution < 1.29 is 9.53 Å². The molecule has 1 heterocycles. The third-order valence-corrected chi connectivity index (χ3v) is 3.40. The van der Waals surface area contributed by atoms with Gasteiger partial charge in [0.1, 0.15) is 12.0 Å². The summed E-state index contributed by atoms with van der Waals surface area (Å²) in [4.78, 5) is 13.0. The number of hydrogen-bond donors (Lipinski definition) is 0. The molecular weight excluding hydrogens is 226 g/mol. The molecule has 3 nitrogen and oxygen atoms in total. The minimum atomic E-state index is 0.215. The zero-order valence-electron chi connectivity index (χ0n) is 11.0. The largest absolute Gasteiger partial charge is 0.491 e. The van der Waals surface area contributed by atoms with Gasteiger partial charge in [0.15, 0.2) is 0 Å². The Kier molecular flexibility index (Phi) is 4.76. The van der Waals surface area contributed by atoms with Gasteiger partial charge in [-0.1, -0.05) is 0 Å². The van der Waals surface area contributed by atoms with E-state index in [1.165, 1.54) is 25.9 Å². The van der Waals surface area contributed by atoms with Crippen molar-refractivity contribution in [3.05, 3.63) is 29.8 Å². The van der Waals surface area contributed by atoms with Gasteiger partial charge in [0.05, 0.1) is 6.10 Å². The number of aldehydes is 1. The summed E-state index contributed by atoms with van der Waals surface area (Å²) >= 11 is 0. The molecule has 0 aliphatic carbocycles. The normalized spacial score (nSPS) is 17.6. The monoisotopic (exact) mass is 247 g/mol. The summed E-state index contributed by atoms with van der Waals surface area (Å²) in [5, 5.41) is 0. The standard InChI is InChI=1S/C15H21NO2/c1-13(8-11-16-9-2-3-10-16)18-15-6-4-14(12-17)5-7-15/h4-7,12-13H,2-3,8-11H2,1H3. The van der Waals surface area contributed by atoms with Crippen LogP contribution in [0.1, 0.15) is 36.5 Å². The molecule has 1 aliphatic heterocycles. The van der Waals surface area contributed by atoms with Crippen molar-refractivity contribution >= 4 is 6.29 Å². The molecule has 3 heteroatoms. The van der Waals surface area contributed by atoms with Crippen LogP contribution in [0.25, 0.3) is 0 Å². The quantitative estimate of drug-likeness (QED) is 0.724. The minimum absolute atomic E-state index is 0.215. The van der Waals surface area contributed by atoms with Crippen molar-refractivity contribution in [1.82, 2.24) is 4.90 Å². The van der Waals surface area contributed by atoms with Crippen LogP contribution >= 0.6 is 0 Å². The Bertz CT molecular complexity index is 369. The number of nitrogens with zero attached hydrogens (tertiary/aromatic N) is 1. The smallest absolute Gasteiger partial charge is 0.150 e. The van der Waals surface area contributed by atoms with Gasteiger partial charge in [0.25, 0.3) is 0 Å². The second-order valence-electron chi connectivity index (χ2n) is 4.95. The van der Waals surface area contributed by atoms with Gasteiger partial charge in [-0.2, -0.15) is 0 Å². The predicted octanol–water partition coefficient (Wildman–Crippen LogP) is 2.75. The van der Waals surface area contributed by atoms with Gasteiger partial charge >= 0.3 is 0 Å². The average molecular weight is 247 g/mol. The fourth-order valence-corrected chi connectivity index (χ4v) is 2.29. The summed E-state index contributed by atoms with van der Waals surface area (Å²) in [6.45, 7) is 5.69. The fourth-order valence-electron chi connectivity index (χ4n) is 2.29. The lowest BCUT2D eigenvalue weighted by molar-refractivity contribution is 0.112. The summed E-state index contributed by atoms with van der Waals surface area (Å²) in [5.74, 6) is 0.842. The van der Waals surface area contributed by atoms with Crippen LogP contribution in [0.2, 0.25) is 0 Å². The Morgan fingerprint density at radius 2 is 1.94 bits per heavy atom. The molecule has 1 aromatic carbocycles. The molecule has 1 saturated heterocycles. The number of carbonyl (C=O) groups is 1. The molecule has 0 spiro atoms. The van der Waals surface area contributed by atoms with Gasteiger partial charge in [-0.15, -0.1) is 0 Å². The highest BCUT2D eigenvalue weighted by atomic mass is 16.5. The first-order valence-electron chi connectivity index (χ1n) is 6.72. The van der Waals surface area contributed by atoms with Gasteiger partial charge in [0, 0.05) is 12.1 Å². The first-order valence-corrected chi connectivity index (χ1v) is 6.72. The van der Waals surface area contributed by atoms with E-state index in [1.807, 2.05) is 12.1 Å². The Labute approximate surface area is 109 Å². The average Bonchev–Trinajstić information content (AvgIpc) is 2.90. The third kappa shape index (κ3) is 3.84. The molecule has 0 saturated carbocycles. The Morgan fingerprint density at radius 3 is 2.56 bits per heavy atom. The maximum Gasteiger partial charge on any atom is 0.150 e. The molecule has 0 radical (unpaired) electrons. The van der Waals surface area contributed by atoms with Crippen LogP contribution in [0.3, 0.4) is 0 Å². The van der Waals surface area contributed by atoms with E-state index in [9.17, 15) is 4.79 Å². The van der Waals surface area contributed by atoms with Gasteiger partial charge < -0.3 is 9.64 Å². The number of hydrogen-bond acceptors (Lipinski definition) is 3. The summed E-state index contributed by atoms with van der Waals surface area (Å²) < 4.78 is 5.83.